The van der Waals surface area contributed by atoms with E-state index >= 15 is 0 Å². The van der Waals surface area contributed by atoms with Gasteiger partial charge in [-0.1, -0.05) is 12.1 Å². The minimum atomic E-state index is -0.377. The molecular weight excluding hydrogens is 232 g/mol. The van der Waals surface area contributed by atoms with Gasteiger partial charge in [-0.25, -0.2) is 4.79 Å². The SMILES string of the molecule is CCOC(=O)C=Cc1ccc(NC(=O)CN)cc1. The van der Waals surface area contributed by atoms with Crippen LogP contribution in [0.2, 0.25) is 0 Å². The van der Waals surface area contributed by atoms with E-state index in [9.17, 15) is 9.59 Å². The maximum absolute atomic E-state index is 11.1. The molecule has 5 nitrogen and oxygen atoms in total. The Morgan fingerprint density at radius 1 is 1.33 bits per heavy atom. The first-order chi connectivity index (χ1) is 8.65. The summed E-state index contributed by atoms with van der Waals surface area (Å²) in [5.74, 6) is -0.622. The first-order valence-electron chi connectivity index (χ1n) is 5.60. The van der Waals surface area contributed by atoms with Gasteiger partial charge < -0.3 is 15.8 Å². The Morgan fingerprint density at radius 2 is 2.00 bits per heavy atom. The number of amides is 1. The van der Waals surface area contributed by atoms with E-state index in [1.807, 2.05) is 0 Å². The molecule has 0 heterocycles. The molecule has 1 amide bonds. The van der Waals surface area contributed by atoms with Gasteiger partial charge in [0.15, 0.2) is 0 Å². The molecule has 0 aromatic heterocycles. The van der Waals surface area contributed by atoms with Crippen molar-refractivity contribution in [1.82, 2.24) is 0 Å². The third kappa shape index (κ3) is 4.80. The van der Waals surface area contributed by atoms with Crippen molar-refractivity contribution in [2.24, 2.45) is 5.73 Å². The van der Waals surface area contributed by atoms with Gasteiger partial charge in [-0.2, -0.15) is 0 Å². The third-order valence-corrected chi connectivity index (χ3v) is 2.08. The van der Waals surface area contributed by atoms with Crippen molar-refractivity contribution in [2.45, 2.75) is 6.92 Å². The third-order valence-electron chi connectivity index (χ3n) is 2.08. The Kier molecular flexibility index (Phi) is 5.60. The van der Waals surface area contributed by atoms with E-state index < -0.39 is 0 Å². The zero-order valence-electron chi connectivity index (χ0n) is 10.2. The molecule has 0 saturated carbocycles. The van der Waals surface area contributed by atoms with E-state index in [1.54, 1.807) is 37.3 Å². The van der Waals surface area contributed by atoms with Gasteiger partial charge in [-0.05, 0) is 30.7 Å². The Balaban J connectivity index is 2.60. The van der Waals surface area contributed by atoms with Gasteiger partial charge in [-0.15, -0.1) is 0 Å². The molecule has 0 saturated heterocycles. The molecule has 0 unspecified atom stereocenters. The number of carbonyl (C=O) groups is 2. The number of rotatable bonds is 5. The molecule has 18 heavy (non-hydrogen) atoms. The second-order valence-electron chi connectivity index (χ2n) is 3.46. The summed E-state index contributed by atoms with van der Waals surface area (Å²) in [5, 5.41) is 2.62. The van der Waals surface area contributed by atoms with Crippen molar-refractivity contribution >= 4 is 23.6 Å². The van der Waals surface area contributed by atoms with Crippen LogP contribution in [0.1, 0.15) is 12.5 Å². The predicted octanol–water partition coefficient (Wildman–Crippen LogP) is 1.16. The first kappa shape index (κ1) is 13.9. The number of ether oxygens (including phenoxy) is 1. The quantitative estimate of drug-likeness (QED) is 0.605. The number of nitrogens with two attached hydrogens (primary N) is 1. The Morgan fingerprint density at radius 3 is 2.56 bits per heavy atom. The van der Waals surface area contributed by atoms with E-state index in [1.165, 1.54) is 6.08 Å². The van der Waals surface area contributed by atoms with Gasteiger partial charge in [0, 0.05) is 11.8 Å². The van der Waals surface area contributed by atoms with E-state index in [0.717, 1.165) is 5.56 Å². The maximum atomic E-state index is 11.1. The molecule has 0 spiro atoms. The van der Waals surface area contributed by atoms with Crippen LogP contribution in [0.4, 0.5) is 5.69 Å². The molecule has 5 heteroatoms. The van der Waals surface area contributed by atoms with E-state index in [4.69, 9.17) is 10.5 Å². The van der Waals surface area contributed by atoms with Crippen LogP contribution in [0.3, 0.4) is 0 Å². The lowest BCUT2D eigenvalue weighted by Crippen LogP contribution is -2.21. The fraction of sp³-hybridized carbons (Fsp3) is 0.231. The minimum absolute atomic E-state index is 0.0511. The summed E-state index contributed by atoms with van der Waals surface area (Å²) < 4.78 is 4.76. The van der Waals surface area contributed by atoms with Crippen LogP contribution in [0, 0.1) is 0 Å². The van der Waals surface area contributed by atoms with Crippen molar-refractivity contribution in [3.63, 3.8) is 0 Å². The molecule has 1 rings (SSSR count). The van der Waals surface area contributed by atoms with Crippen LogP contribution in [-0.2, 0) is 14.3 Å². The van der Waals surface area contributed by atoms with Crippen molar-refractivity contribution in [3.8, 4) is 0 Å². The van der Waals surface area contributed by atoms with Crippen molar-refractivity contribution < 1.29 is 14.3 Å². The highest BCUT2D eigenvalue weighted by Crippen LogP contribution is 2.10. The molecule has 0 fully saturated rings. The van der Waals surface area contributed by atoms with Crippen LogP contribution in [-0.4, -0.2) is 25.0 Å². The number of hydrogen-bond acceptors (Lipinski definition) is 4. The molecule has 0 bridgehead atoms. The number of anilines is 1. The molecule has 0 aliphatic heterocycles. The van der Waals surface area contributed by atoms with Gasteiger partial charge in [0.05, 0.1) is 13.2 Å². The Labute approximate surface area is 106 Å². The van der Waals surface area contributed by atoms with E-state index in [-0.39, 0.29) is 18.4 Å². The summed E-state index contributed by atoms with van der Waals surface area (Å²) in [6.07, 6.45) is 3.00. The van der Waals surface area contributed by atoms with E-state index in [2.05, 4.69) is 5.32 Å². The van der Waals surface area contributed by atoms with Gasteiger partial charge in [0.25, 0.3) is 0 Å². The summed E-state index contributed by atoms with van der Waals surface area (Å²) in [6.45, 7) is 2.05. The second kappa shape index (κ2) is 7.24. The molecule has 0 aliphatic carbocycles. The summed E-state index contributed by atoms with van der Waals surface area (Å²) >= 11 is 0. The fourth-order valence-corrected chi connectivity index (χ4v) is 1.24. The number of hydrogen-bond donors (Lipinski definition) is 2. The average molecular weight is 248 g/mol. The van der Waals surface area contributed by atoms with Crippen LogP contribution in [0.15, 0.2) is 30.3 Å². The molecule has 3 N–H and O–H groups in total. The lowest BCUT2D eigenvalue weighted by Gasteiger charge is -2.03. The number of carbonyl (C=O) groups excluding carboxylic acids is 2. The molecule has 96 valence electrons. The molecule has 1 aromatic carbocycles. The first-order valence-corrected chi connectivity index (χ1v) is 5.60. The van der Waals surface area contributed by atoms with Gasteiger partial charge >= 0.3 is 5.97 Å². The summed E-state index contributed by atoms with van der Waals surface area (Å²) in [5.41, 5.74) is 6.69. The smallest absolute Gasteiger partial charge is 0.330 e. The zero-order valence-corrected chi connectivity index (χ0v) is 10.2. The number of nitrogens with one attached hydrogen (secondary N) is 1. The monoisotopic (exact) mass is 248 g/mol. The van der Waals surface area contributed by atoms with Crippen molar-refractivity contribution in [1.29, 1.82) is 0 Å². The van der Waals surface area contributed by atoms with Crippen LogP contribution >= 0.6 is 0 Å². The lowest BCUT2D eigenvalue weighted by atomic mass is 10.2. The number of esters is 1. The fourth-order valence-electron chi connectivity index (χ4n) is 1.24. The van der Waals surface area contributed by atoms with Gasteiger partial charge in [0.1, 0.15) is 0 Å². The second-order valence-corrected chi connectivity index (χ2v) is 3.46. The molecule has 1 aromatic rings. The number of benzene rings is 1. The summed E-state index contributed by atoms with van der Waals surface area (Å²) in [4.78, 5) is 22.1. The van der Waals surface area contributed by atoms with Crippen molar-refractivity contribution in [3.05, 3.63) is 35.9 Å². The zero-order chi connectivity index (χ0) is 13.4. The molecule has 0 aliphatic rings. The molecule has 0 atom stereocenters. The lowest BCUT2D eigenvalue weighted by molar-refractivity contribution is -0.137. The highest BCUT2D eigenvalue weighted by molar-refractivity contribution is 5.92. The maximum Gasteiger partial charge on any atom is 0.330 e. The van der Waals surface area contributed by atoms with Gasteiger partial charge in [0.2, 0.25) is 5.91 Å². The normalized spacial score (nSPS) is 10.3. The van der Waals surface area contributed by atoms with Crippen molar-refractivity contribution in [2.75, 3.05) is 18.5 Å². The van der Waals surface area contributed by atoms with Crippen LogP contribution in [0.5, 0.6) is 0 Å². The van der Waals surface area contributed by atoms with Gasteiger partial charge in [-0.3, -0.25) is 4.79 Å². The largest absolute Gasteiger partial charge is 0.463 e. The minimum Gasteiger partial charge on any atom is -0.463 e. The topological polar surface area (TPSA) is 81.4 Å². The van der Waals surface area contributed by atoms with Crippen LogP contribution < -0.4 is 11.1 Å². The summed E-state index contributed by atoms with van der Waals surface area (Å²) in [7, 11) is 0. The van der Waals surface area contributed by atoms with E-state index in [0.29, 0.717) is 12.3 Å². The van der Waals surface area contributed by atoms with Crippen LogP contribution in [0.25, 0.3) is 6.08 Å². The summed E-state index contributed by atoms with van der Waals surface area (Å²) in [6, 6.07) is 7.03. The Bertz CT molecular complexity index is 438. The predicted molar refractivity (Wildman–Crippen MR) is 69.8 cm³/mol. The standard InChI is InChI=1S/C13H16N2O3/c1-2-18-13(17)8-5-10-3-6-11(7-4-10)15-12(16)9-14/h3-8H,2,9,14H2,1H3,(H,15,16). The molecule has 0 radical (unpaired) electrons. The average Bonchev–Trinajstić information content (AvgIpc) is 2.38. The Hall–Kier alpha value is -2.14. The highest BCUT2D eigenvalue weighted by atomic mass is 16.5. The highest BCUT2D eigenvalue weighted by Gasteiger charge is 1.98. The molecular formula is C13H16N2O3.